The van der Waals surface area contributed by atoms with Crippen molar-refractivity contribution < 1.29 is 9.21 Å². The number of amides is 1. The standard InChI is InChI=1S/C13H15N3O2/c1-14-12-11(5-2-7-15-12)13(17)16-8-6-10-4-3-9-18-10/h2-5,7,9H,6,8H2,1H3,(H,14,15)(H,16,17). The normalized spacial score (nSPS) is 10.1. The Hall–Kier alpha value is -2.30. The van der Waals surface area contributed by atoms with Crippen molar-refractivity contribution >= 4 is 11.7 Å². The van der Waals surface area contributed by atoms with Crippen LogP contribution in [0.5, 0.6) is 0 Å². The Bertz CT molecular complexity index is 509. The van der Waals surface area contributed by atoms with E-state index in [-0.39, 0.29) is 5.91 Å². The molecule has 2 heterocycles. The first kappa shape index (κ1) is 12.2. The van der Waals surface area contributed by atoms with Crippen molar-refractivity contribution in [3.63, 3.8) is 0 Å². The molecule has 0 aliphatic heterocycles. The fourth-order valence-corrected chi connectivity index (χ4v) is 1.64. The molecule has 0 atom stereocenters. The SMILES string of the molecule is CNc1ncccc1C(=O)NCCc1ccco1. The molecular formula is C13H15N3O2. The maximum atomic E-state index is 11.9. The van der Waals surface area contributed by atoms with Gasteiger partial charge in [0.15, 0.2) is 0 Å². The van der Waals surface area contributed by atoms with E-state index in [2.05, 4.69) is 15.6 Å². The van der Waals surface area contributed by atoms with Gasteiger partial charge in [-0.2, -0.15) is 0 Å². The summed E-state index contributed by atoms with van der Waals surface area (Å²) in [6.45, 7) is 0.532. The summed E-state index contributed by atoms with van der Waals surface area (Å²) < 4.78 is 5.19. The number of hydrogen-bond donors (Lipinski definition) is 2. The zero-order valence-corrected chi connectivity index (χ0v) is 10.1. The van der Waals surface area contributed by atoms with Gasteiger partial charge in [0, 0.05) is 26.2 Å². The summed E-state index contributed by atoms with van der Waals surface area (Å²) in [7, 11) is 1.74. The first-order valence-corrected chi connectivity index (χ1v) is 5.74. The van der Waals surface area contributed by atoms with E-state index in [1.165, 1.54) is 0 Å². The van der Waals surface area contributed by atoms with Crippen LogP contribution in [0.4, 0.5) is 5.82 Å². The lowest BCUT2D eigenvalue weighted by Gasteiger charge is -2.07. The topological polar surface area (TPSA) is 67.2 Å². The van der Waals surface area contributed by atoms with Crippen molar-refractivity contribution in [2.24, 2.45) is 0 Å². The molecular weight excluding hydrogens is 230 g/mol. The van der Waals surface area contributed by atoms with Gasteiger partial charge in [-0.15, -0.1) is 0 Å². The lowest BCUT2D eigenvalue weighted by Crippen LogP contribution is -2.26. The second-order valence-electron chi connectivity index (χ2n) is 3.73. The van der Waals surface area contributed by atoms with Gasteiger partial charge in [0.2, 0.25) is 0 Å². The number of carbonyl (C=O) groups is 1. The number of furan rings is 1. The minimum Gasteiger partial charge on any atom is -0.469 e. The van der Waals surface area contributed by atoms with Gasteiger partial charge in [-0.25, -0.2) is 4.98 Å². The molecule has 0 fully saturated rings. The average Bonchev–Trinajstić information content (AvgIpc) is 2.91. The third-order valence-corrected chi connectivity index (χ3v) is 2.53. The van der Waals surface area contributed by atoms with Crippen molar-refractivity contribution in [2.75, 3.05) is 18.9 Å². The Labute approximate surface area is 105 Å². The highest BCUT2D eigenvalue weighted by Gasteiger charge is 2.10. The molecule has 2 rings (SSSR count). The van der Waals surface area contributed by atoms with Gasteiger partial charge in [-0.3, -0.25) is 4.79 Å². The Morgan fingerprint density at radius 2 is 2.28 bits per heavy atom. The fraction of sp³-hybridized carbons (Fsp3) is 0.231. The largest absolute Gasteiger partial charge is 0.469 e. The van der Waals surface area contributed by atoms with Crippen LogP contribution in [0.15, 0.2) is 41.1 Å². The van der Waals surface area contributed by atoms with Gasteiger partial charge in [0.05, 0.1) is 11.8 Å². The molecule has 0 unspecified atom stereocenters. The Morgan fingerprint density at radius 3 is 3.00 bits per heavy atom. The van der Waals surface area contributed by atoms with Crippen molar-refractivity contribution in [2.45, 2.75) is 6.42 Å². The molecule has 2 aromatic heterocycles. The summed E-state index contributed by atoms with van der Waals surface area (Å²) in [5, 5.41) is 5.72. The van der Waals surface area contributed by atoms with Gasteiger partial charge in [0.1, 0.15) is 11.6 Å². The van der Waals surface area contributed by atoms with Crippen LogP contribution in [0.3, 0.4) is 0 Å². The highest BCUT2D eigenvalue weighted by atomic mass is 16.3. The van der Waals surface area contributed by atoms with Gasteiger partial charge in [0.25, 0.3) is 5.91 Å². The van der Waals surface area contributed by atoms with Gasteiger partial charge in [-0.05, 0) is 24.3 Å². The molecule has 1 amide bonds. The molecule has 2 N–H and O–H groups in total. The van der Waals surface area contributed by atoms with Crippen LogP contribution in [0, 0.1) is 0 Å². The highest BCUT2D eigenvalue weighted by molar-refractivity contribution is 5.98. The number of anilines is 1. The molecule has 2 aromatic rings. The molecule has 18 heavy (non-hydrogen) atoms. The molecule has 0 radical (unpaired) electrons. The molecule has 0 saturated carbocycles. The van der Waals surface area contributed by atoms with E-state index in [4.69, 9.17) is 4.42 Å². The van der Waals surface area contributed by atoms with Crippen LogP contribution in [0.2, 0.25) is 0 Å². The van der Waals surface area contributed by atoms with E-state index in [1.807, 2.05) is 12.1 Å². The first-order valence-electron chi connectivity index (χ1n) is 5.74. The molecule has 5 heteroatoms. The Morgan fingerprint density at radius 1 is 1.39 bits per heavy atom. The zero-order valence-electron chi connectivity index (χ0n) is 10.1. The maximum Gasteiger partial charge on any atom is 0.255 e. The van der Waals surface area contributed by atoms with Crippen LogP contribution in [-0.4, -0.2) is 24.5 Å². The minimum atomic E-state index is -0.140. The quantitative estimate of drug-likeness (QED) is 0.841. The average molecular weight is 245 g/mol. The fourth-order valence-electron chi connectivity index (χ4n) is 1.64. The second-order valence-corrected chi connectivity index (χ2v) is 3.73. The van der Waals surface area contributed by atoms with Crippen molar-refractivity contribution in [1.82, 2.24) is 10.3 Å². The molecule has 0 saturated heterocycles. The van der Waals surface area contributed by atoms with Gasteiger partial charge < -0.3 is 15.1 Å². The second kappa shape index (κ2) is 5.86. The molecule has 0 bridgehead atoms. The van der Waals surface area contributed by atoms with E-state index in [0.717, 1.165) is 5.76 Å². The van der Waals surface area contributed by atoms with Crippen molar-refractivity contribution in [3.05, 3.63) is 48.0 Å². The van der Waals surface area contributed by atoms with Crippen LogP contribution >= 0.6 is 0 Å². The number of aromatic nitrogens is 1. The molecule has 0 aromatic carbocycles. The number of nitrogens with one attached hydrogen (secondary N) is 2. The monoisotopic (exact) mass is 245 g/mol. The van der Waals surface area contributed by atoms with E-state index >= 15 is 0 Å². The highest BCUT2D eigenvalue weighted by Crippen LogP contribution is 2.10. The minimum absolute atomic E-state index is 0.140. The molecule has 0 aliphatic rings. The van der Waals surface area contributed by atoms with Crippen LogP contribution in [0.1, 0.15) is 16.1 Å². The van der Waals surface area contributed by atoms with E-state index in [9.17, 15) is 4.79 Å². The van der Waals surface area contributed by atoms with Gasteiger partial charge >= 0.3 is 0 Å². The smallest absolute Gasteiger partial charge is 0.255 e. The Balaban J connectivity index is 1.91. The first-order chi connectivity index (χ1) is 8.81. The lowest BCUT2D eigenvalue weighted by atomic mass is 10.2. The number of rotatable bonds is 5. The maximum absolute atomic E-state index is 11.9. The van der Waals surface area contributed by atoms with Crippen LogP contribution in [0.25, 0.3) is 0 Å². The van der Waals surface area contributed by atoms with E-state index < -0.39 is 0 Å². The predicted molar refractivity (Wildman–Crippen MR) is 68.5 cm³/mol. The molecule has 5 nitrogen and oxygen atoms in total. The van der Waals surface area contributed by atoms with Crippen molar-refractivity contribution in [1.29, 1.82) is 0 Å². The van der Waals surface area contributed by atoms with Crippen LogP contribution < -0.4 is 10.6 Å². The summed E-state index contributed by atoms with van der Waals surface area (Å²) in [6.07, 6.45) is 3.94. The number of pyridine rings is 1. The summed E-state index contributed by atoms with van der Waals surface area (Å²) in [4.78, 5) is 16.0. The number of nitrogens with zero attached hydrogens (tertiary/aromatic N) is 1. The number of carbonyl (C=O) groups excluding carboxylic acids is 1. The summed E-state index contributed by atoms with van der Waals surface area (Å²) in [5.41, 5.74) is 0.541. The Kier molecular flexibility index (Phi) is 3.96. The third-order valence-electron chi connectivity index (χ3n) is 2.53. The third kappa shape index (κ3) is 2.88. The predicted octanol–water partition coefficient (Wildman–Crippen LogP) is 1.69. The zero-order chi connectivity index (χ0) is 12.8. The van der Waals surface area contributed by atoms with Crippen molar-refractivity contribution in [3.8, 4) is 0 Å². The lowest BCUT2D eigenvalue weighted by molar-refractivity contribution is 0.0954. The number of hydrogen-bond acceptors (Lipinski definition) is 4. The summed E-state index contributed by atoms with van der Waals surface area (Å²) >= 11 is 0. The van der Waals surface area contributed by atoms with Gasteiger partial charge in [-0.1, -0.05) is 0 Å². The summed E-state index contributed by atoms with van der Waals surface area (Å²) in [5.74, 6) is 1.29. The molecule has 94 valence electrons. The molecule has 0 spiro atoms. The van der Waals surface area contributed by atoms with Crippen LogP contribution in [-0.2, 0) is 6.42 Å². The molecule has 0 aliphatic carbocycles. The van der Waals surface area contributed by atoms with E-state index in [1.54, 1.807) is 31.6 Å². The van der Waals surface area contributed by atoms with E-state index in [0.29, 0.717) is 24.3 Å². The summed E-state index contributed by atoms with van der Waals surface area (Å²) in [6, 6.07) is 7.19.